The Morgan fingerprint density at radius 3 is 2.75 bits per heavy atom. The molecule has 4 N–H and O–H groups in total. The van der Waals surface area contributed by atoms with Crippen LogP contribution in [-0.2, 0) is 9.53 Å². The normalized spacial score (nSPS) is 21.6. The number of carbonyl (C=O) groups is 1. The third kappa shape index (κ3) is 4.89. The maximum absolute atomic E-state index is 10.8. The number of hydrogen-bond donors (Lipinski definition) is 3. The number of morpholine rings is 1. The van der Waals surface area contributed by atoms with E-state index in [9.17, 15) is 9.90 Å². The molecular weight excluding hydrogens is 210 g/mol. The van der Waals surface area contributed by atoms with Gasteiger partial charge in [-0.25, -0.2) is 0 Å². The van der Waals surface area contributed by atoms with Crippen LogP contribution >= 0.6 is 0 Å². The molecule has 0 aromatic heterocycles. The molecule has 0 aromatic carbocycles. The molecule has 1 aliphatic heterocycles. The highest BCUT2D eigenvalue weighted by Gasteiger charge is 2.16. The van der Waals surface area contributed by atoms with Crippen molar-refractivity contribution >= 4 is 5.91 Å². The fourth-order valence-electron chi connectivity index (χ4n) is 1.56. The Morgan fingerprint density at radius 2 is 2.19 bits per heavy atom. The smallest absolute Gasteiger partial charge is 0.234 e. The fourth-order valence-corrected chi connectivity index (χ4v) is 1.56. The van der Waals surface area contributed by atoms with Crippen LogP contribution in [0, 0.1) is 0 Å². The van der Waals surface area contributed by atoms with Crippen molar-refractivity contribution in [2.45, 2.75) is 19.1 Å². The number of amides is 1. The Bertz CT molecular complexity index is 219. The first-order valence-corrected chi connectivity index (χ1v) is 5.60. The molecule has 1 aliphatic rings. The molecule has 1 rings (SSSR count). The van der Waals surface area contributed by atoms with Gasteiger partial charge in [0.2, 0.25) is 5.91 Å². The number of nitrogens with two attached hydrogens (primary N) is 1. The summed E-state index contributed by atoms with van der Waals surface area (Å²) in [4.78, 5) is 12.9. The average molecular weight is 231 g/mol. The van der Waals surface area contributed by atoms with Gasteiger partial charge in [0.1, 0.15) is 0 Å². The lowest BCUT2D eigenvalue weighted by atomic mass is 10.2. The number of rotatable bonds is 6. The molecule has 1 amide bonds. The van der Waals surface area contributed by atoms with Gasteiger partial charge in [-0.1, -0.05) is 0 Å². The number of primary amides is 1. The van der Waals surface area contributed by atoms with E-state index in [1.165, 1.54) is 0 Å². The predicted octanol–water partition coefficient (Wildman–Crippen LogP) is -1.86. The van der Waals surface area contributed by atoms with Crippen LogP contribution in [0.4, 0.5) is 0 Å². The first-order chi connectivity index (χ1) is 7.59. The van der Waals surface area contributed by atoms with E-state index in [-0.39, 0.29) is 0 Å². The van der Waals surface area contributed by atoms with Crippen LogP contribution < -0.4 is 11.1 Å². The molecule has 0 saturated carbocycles. The van der Waals surface area contributed by atoms with E-state index in [4.69, 9.17) is 10.5 Å². The standard InChI is InChI=1S/C10H21N3O3/c1-8(10(11)15)12-6-9(14)7-13-2-4-16-5-3-13/h8-9,12,14H,2-7H2,1H3,(H2,11,15). The van der Waals surface area contributed by atoms with Gasteiger partial charge in [0.25, 0.3) is 0 Å². The molecule has 2 atom stereocenters. The van der Waals surface area contributed by atoms with Gasteiger partial charge in [0, 0.05) is 26.2 Å². The summed E-state index contributed by atoms with van der Waals surface area (Å²) >= 11 is 0. The summed E-state index contributed by atoms with van der Waals surface area (Å²) in [5, 5.41) is 12.6. The Balaban J connectivity index is 2.14. The van der Waals surface area contributed by atoms with Crippen LogP contribution in [0.15, 0.2) is 0 Å². The Labute approximate surface area is 95.7 Å². The minimum absolute atomic E-state index is 0.376. The van der Waals surface area contributed by atoms with E-state index in [1.54, 1.807) is 6.92 Å². The summed E-state index contributed by atoms with van der Waals surface area (Å²) in [5.41, 5.74) is 5.10. The number of nitrogens with zero attached hydrogens (tertiary/aromatic N) is 1. The van der Waals surface area contributed by atoms with E-state index in [1.807, 2.05) is 0 Å². The summed E-state index contributed by atoms with van der Waals surface area (Å²) in [7, 11) is 0. The molecule has 1 saturated heterocycles. The topological polar surface area (TPSA) is 87.8 Å². The van der Waals surface area contributed by atoms with Crippen molar-refractivity contribution in [3.05, 3.63) is 0 Å². The zero-order valence-electron chi connectivity index (χ0n) is 9.69. The van der Waals surface area contributed by atoms with Crippen LogP contribution in [0.2, 0.25) is 0 Å². The molecular formula is C10H21N3O3. The van der Waals surface area contributed by atoms with Gasteiger partial charge in [-0.3, -0.25) is 9.69 Å². The number of aliphatic hydroxyl groups is 1. The van der Waals surface area contributed by atoms with Crippen molar-refractivity contribution in [1.82, 2.24) is 10.2 Å². The lowest BCUT2D eigenvalue weighted by Gasteiger charge is -2.28. The highest BCUT2D eigenvalue weighted by molar-refractivity contribution is 5.79. The van der Waals surface area contributed by atoms with Crippen molar-refractivity contribution < 1.29 is 14.6 Å². The molecule has 0 aliphatic carbocycles. The van der Waals surface area contributed by atoms with E-state index in [0.29, 0.717) is 13.1 Å². The van der Waals surface area contributed by atoms with Crippen LogP contribution in [0.1, 0.15) is 6.92 Å². The van der Waals surface area contributed by atoms with Crippen LogP contribution in [-0.4, -0.2) is 67.5 Å². The summed E-state index contributed by atoms with van der Waals surface area (Å²) in [6.07, 6.45) is -0.486. The van der Waals surface area contributed by atoms with E-state index < -0.39 is 18.1 Å². The Kier molecular flexibility index (Phi) is 5.68. The van der Waals surface area contributed by atoms with Crippen molar-refractivity contribution in [2.75, 3.05) is 39.4 Å². The quantitative estimate of drug-likeness (QED) is 0.499. The maximum Gasteiger partial charge on any atom is 0.234 e. The molecule has 0 radical (unpaired) electrons. The number of hydrogen-bond acceptors (Lipinski definition) is 5. The number of β-amino-alcohol motifs (C(OH)–C–C–N with tert-alkyl or cyclic N) is 1. The van der Waals surface area contributed by atoms with Crippen LogP contribution in [0.25, 0.3) is 0 Å². The molecule has 2 unspecified atom stereocenters. The Hall–Kier alpha value is -0.690. The van der Waals surface area contributed by atoms with E-state index >= 15 is 0 Å². The van der Waals surface area contributed by atoms with Gasteiger partial charge >= 0.3 is 0 Å². The van der Waals surface area contributed by atoms with Crippen molar-refractivity contribution in [1.29, 1.82) is 0 Å². The molecule has 1 heterocycles. The molecule has 1 fully saturated rings. The number of aliphatic hydroxyl groups excluding tert-OH is 1. The summed E-state index contributed by atoms with van der Waals surface area (Å²) in [6.45, 7) is 5.80. The highest BCUT2D eigenvalue weighted by Crippen LogP contribution is 1.98. The van der Waals surface area contributed by atoms with Gasteiger partial charge in [-0.2, -0.15) is 0 Å². The predicted molar refractivity (Wildman–Crippen MR) is 59.9 cm³/mol. The first kappa shape index (κ1) is 13.4. The van der Waals surface area contributed by atoms with Crippen LogP contribution in [0.5, 0.6) is 0 Å². The SMILES string of the molecule is CC(NCC(O)CN1CCOCC1)C(N)=O. The van der Waals surface area contributed by atoms with Gasteiger partial charge in [0.05, 0.1) is 25.4 Å². The fraction of sp³-hybridized carbons (Fsp3) is 0.900. The van der Waals surface area contributed by atoms with Gasteiger partial charge in [0.15, 0.2) is 0 Å². The second-order valence-corrected chi connectivity index (χ2v) is 4.10. The average Bonchev–Trinajstić information content (AvgIpc) is 2.27. The minimum Gasteiger partial charge on any atom is -0.390 e. The van der Waals surface area contributed by atoms with E-state index in [0.717, 1.165) is 26.3 Å². The van der Waals surface area contributed by atoms with Crippen molar-refractivity contribution in [2.24, 2.45) is 5.73 Å². The lowest BCUT2D eigenvalue weighted by Crippen LogP contribution is -2.47. The molecule has 94 valence electrons. The summed E-state index contributed by atoms with van der Waals surface area (Å²) < 4.78 is 5.21. The number of ether oxygens (including phenoxy) is 1. The molecule has 6 heteroatoms. The summed E-state index contributed by atoms with van der Waals surface area (Å²) in [6, 6.07) is -0.403. The maximum atomic E-state index is 10.8. The van der Waals surface area contributed by atoms with Crippen molar-refractivity contribution in [3.63, 3.8) is 0 Å². The molecule has 0 bridgehead atoms. The molecule has 16 heavy (non-hydrogen) atoms. The third-order valence-electron chi connectivity index (χ3n) is 2.66. The van der Waals surface area contributed by atoms with Gasteiger partial charge < -0.3 is 20.9 Å². The third-order valence-corrected chi connectivity index (χ3v) is 2.66. The second kappa shape index (κ2) is 6.80. The van der Waals surface area contributed by atoms with Crippen molar-refractivity contribution in [3.8, 4) is 0 Å². The number of nitrogens with one attached hydrogen (secondary N) is 1. The van der Waals surface area contributed by atoms with Gasteiger partial charge in [-0.15, -0.1) is 0 Å². The zero-order chi connectivity index (χ0) is 12.0. The second-order valence-electron chi connectivity index (χ2n) is 4.10. The molecule has 0 aromatic rings. The minimum atomic E-state index is -0.486. The first-order valence-electron chi connectivity index (χ1n) is 5.60. The Morgan fingerprint density at radius 1 is 1.56 bits per heavy atom. The molecule has 6 nitrogen and oxygen atoms in total. The van der Waals surface area contributed by atoms with E-state index in [2.05, 4.69) is 10.2 Å². The largest absolute Gasteiger partial charge is 0.390 e. The lowest BCUT2D eigenvalue weighted by molar-refractivity contribution is -0.119. The highest BCUT2D eigenvalue weighted by atomic mass is 16.5. The van der Waals surface area contributed by atoms with Crippen LogP contribution in [0.3, 0.4) is 0 Å². The monoisotopic (exact) mass is 231 g/mol. The number of carbonyl (C=O) groups excluding carboxylic acids is 1. The van der Waals surface area contributed by atoms with Gasteiger partial charge in [-0.05, 0) is 6.92 Å². The summed E-state index contributed by atoms with van der Waals surface area (Å²) in [5.74, 6) is -0.404. The molecule has 0 spiro atoms. The zero-order valence-corrected chi connectivity index (χ0v) is 9.69.